The Morgan fingerprint density at radius 3 is 0.598 bits per heavy atom. The molecule has 0 N–H and O–H groups in total. The summed E-state index contributed by atoms with van der Waals surface area (Å²) in [6.07, 6.45) is 46.6. The minimum atomic E-state index is -0.531. The van der Waals surface area contributed by atoms with Crippen LogP contribution in [0.25, 0.3) is 0 Å². The van der Waals surface area contributed by atoms with Gasteiger partial charge in [-0.3, -0.25) is 0 Å². The summed E-state index contributed by atoms with van der Waals surface area (Å²) in [4.78, 5) is 99.7. The molecule has 0 saturated carbocycles. The van der Waals surface area contributed by atoms with E-state index in [2.05, 4.69) is 26.3 Å². The van der Waals surface area contributed by atoms with E-state index < -0.39 is 23.9 Å². The highest BCUT2D eigenvalue weighted by molar-refractivity contribution is 5.94. The van der Waals surface area contributed by atoms with Gasteiger partial charge in [-0.05, 0) is 222 Å². The van der Waals surface area contributed by atoms with Crippen LogP contribution in [0.3, 0.4) is 0 Å². The highest BCUT2D eigenvalue weighted by Crippen LogP contribution is 2.32. The Balaban J connectivity index is 0.987. The zero-order valence-corrected chi connectivity index (χ0v) is 72.4. The Morgan fingerprint density at radius 2 is 0.385 bits per heavy atom. The van der Waals surface area contributed by atoms with Gasteiger partial charge in [0.05, 0.1) is 75.1 Å². The fraction of sp³-hybridized carbons (Fsp3) is 0.490. The molecule has 0 amide bonds. The zero-order valence-electron chi connectivity index (χ0n) is 72.4. The highest BCUT2D eigenvalue weighted by Gasteiger charge is 2.20. The number of unbranched alkanes of at least 4 members (excludes halogenated alkanes) is 35. The van der Waals surface area contributed by atoms with Gasteiger partial charge in [0, 0.05) is 24.3 Å². The van der Waals surface area contributed by atoms with E-state index in [9.17, 15) is 38.4 Å². The van der Waals surface area contributed by atoms with Gasteiger partial charge in [0.15, 0.2) is 0 Å². The summed E-state index contributed by atoms with van der Waals surface area (Å²) in [5.41, 5.74) is 2.92. The standard InChI is InChI=1S/C102H134O20/c1-5-95(103)115-75-45-35-25-15-11-21-31-41-71-111-87-59-51-81(52-60-87)99(107)119-91-67-69-93(121-101(109)83-55-63-89(64-56-83)113-73-43-33-23-13-17-27-37-47-77-117-97(105)7-3)85(79-91)49-39-29-19-9-10-20-30-40-50-86-80-92(120-100(108)82-53-61-88(62-54-82)112-72-42-32-22-12-16-26-36-46-76-116-96(104)6-2)68-70-94(86)122-102(110)84-57-65-90(66-58-84)114-74-44-34-24-14-18-28-38-48-78-118-98(106)8-4/h5-8,51-70,79-80H,1-4,9-50,71-78H2. The van der Waals surface area contributed by atoms with Crippen LogP contribution in [0.15, 0.2) is 184 Å². The molecule has 0 bridgehead atoms. The number of rotatable bonds is 71. The minimum absolute atomic E-state index is 0.325. The maximum Gasteiger partial charge on any atom is 0.343 e. The van der Waals surface area contributed by atoms with E-state index in [-0.39, 0.29) is 23.9 Å². The molecular formula is C102H134O20. The smallest absolute Gasteiger partial charge is 0.343 e. The van der Waals surface area contributed by atoms with Crippen LogP contribution in [0.1, 0.15) is 309 Å². The Bertz CT molecular complexity index is 3750. The summed E-state index contributed by atoms with van der Waals surface area (Å²) in [7, 11) is 0. The first-order valence-corrected chi connectivity index (χ1v) is 45.0. The molecule has 0 heterocycles. The average molecular weight is 1680 g/mol. The lowest BCUT2D eigenvalue weighted by atomic mass is 10.0. The number of esters is 8. The van der Waals surface area contributed by atoms with E-state index in [0.29, 0.717) is 134 Å². The molecule has 20 nitrogen and oxygen atoms in total. The topological polar surface area (TPSA) is 247 Å². The number of carbonyl (C=O) groups excluding carboxylic acids is 8. The minimum Gasteiger partial charge on any atom is -0.494 e. The van der Waals surface area contributed by atoms with Crippen molar-refractivity contribution in [1.29, 1.82) is 0 Å². The van der Waals surface area contributed by atoms with Gasteiger partial charge in [0.25, 0.3) is 0 Å². The molecule has 0 fully saturated rings. The number of benzene rings is 6. The molecular weight excluding hydrogens is 1550 g/mol. The van der Waals surface area contributed by atoms with E-state index in [0.717, 1.165) is 268 Å². The van der Waals surface area contributed by atoms with E-state index in [4.69, 9.17) is 56.8 Å². The molecule has 6 aromatic rings. The second-order valence-corrected chi connectivity index (χ2v) is 30.7. The normalized spacial score (nSPS) is 10.9. The molecule has 6 aromatic carbocycles. The van der Waals surface area contributed by atoms with Crippen LogP contribution in [-0.2, 0) is 51.0 Å². The number of hydrogen-bond donors (Lipinski definition) is 0. The van der Waals surface area contributed by atoms with Gasteiger partial charge in [-0.1, -0.05) is 219 Å². The molecule has 662 valence electrons. The summed E-state index contributed by atoms with van der Waals surface area (Å²) in [6, 6.07) is 38.0. The van der Waals surface area contributed by atoms with Gasteiger partial charge < -0.3 is 56.8 Å². The van der Waals surface area contributed by atoms with Crippen LogP contribution in [0.5, 0.6) is 46.0 Å². The summed E-state index contributed by atoms with van der Waals surface area (Å²) in [5, 5.41) is 0. The molecule has 20 heteroatoms. The first kappa shape index (κ1) is 100. The van der Waals surface area contributed by atoms with Crippen molar-refractivity contribution in [2.45, 2.75) is 270 Å². The fourth-order valence-corrected chi connectivity index (χ4v) is 13.7. The number of carbonyl (C=O) groups is 8. The van der Waals surface area contributed by atoms with Gasteiger partial charge in [-0.15, -0.1) is 0 Å². The Labute approximate surface area is 725 Å². The third-order valence-electron chi connectivity index (χ3n) is 20.8. The summed E-state index contributed by atoms with van der Waals surface area (Å²) < 4.78 is 68.4. The van der Waals surface area contributed by atoms with E-state index >= 15 is 0 Å². The zero-order chi connectivity index (χ0) is 86.9. The third-order valence-corrected chi connectivity index (χ3v) is 20.8. The van der Waals surface area contributed by atoms with Crippen LogP contribution in [-0.4, -0.2) is 101 Å². The van der Waals surface area contributed by atoms with E-state index in [1.54, 1.807) is 133 Å². The lowest BCUT2D eigenvalue weighted by Crippen LogP contribution is -2.11. The van der Waals surface area contributed by atoms with Crippen molar-refractivity contribution in [3.8, 4) is 46.0 Å². The first-order valence-electron chi connectivity index (χ1n) is 45.0. The van der Waals surface area contributed by atoms with Gasteiger partial charge in [0.2, 0.25) is 0 Å². The second kappa shape index (κ2) is 64.1. The fourth-order valence-electron chi connectivity index (χ4n) is 13.7. The third kappa shape index (κ3) is 45.2. The number of ether oxygens (including phenoxy) is 12. The molecule has 0 aromatic heterocycles. The largest absolute Gasteiger partial charge is 0.494 e. The van der Waals surface area contributed by atoms with Crippen LogP contribution in [0.4, 0.5) is 0 Å². The van der Waals surface area contributed by atoms with Crippen molar-refractivity contribution >= 4 is 47.8 Å². The molecule has 0 unspecified atom stereocenters. The molecule has 0 aliphatic heterocycles. The predicted molar refractivity (Wildman–Crippen MR) is 477 cm³/mol. The quantitative estimate of drug-likeness (QED) is 0.0113. The van der Waals surface area contributed by atoms with Crippen molar-refractivity contribution in [2.75, 3.05) is 52.9 Å². The Hall–Kier alpha value is -10.8. The van der Waals surface area contributed by atoms with Crippen LogP contribution >= 0.6 is 0 Å². The van der Waals surface area contributed by atoms with Crippen LogP contribution in [0.2, 0.25) is 0 Å². The van der Waals surface area contributed by atoms with E-state index in [1.165, 1.54) is 24.3 Å². The summed E-state index contributed by atoms with van der Waals surface area (Å²) in [6.45, 7) is 17.7. The van der Waals surface area contributed by atoms with E-state index in [1.807, 2.05) is 0 Å². The van der Waals surface area contributed by atoms with Crippen molar-refractivity contribution in [3.63, 3.8) is 0 Å². The SMILES string of the molecule is C=CC(=O)OCCCCCCCCCCOc1ccc(C(=O)Oc2ccc(OC(=O)c3ccc(OCCCCCCCCCCOC(=O)C=C)cc3)c(CCCCCCCCCCc3cc(OC(=O)c4ccc(OCCCCCCCCCCOC(=O)C=C)cc4)ccc3OC(=O)c3ccc(OCCCCCCCCCCOC(=O)C=C)cc3)c2)cc1. The molecule has 0 aliphatic rings. The maximum absolute atomic E-state index is 13.8. The lowest BCUT2D eigenvalue weighted by Gasteiger charge is -2.13. The highest BCUT2D eigenvalue weighted by atomic mass is 16.6. The van der Waals surface area contributed by atoms with Gasteiger partial charge in [-0.2, -0.15) is 0 Å². The second-order valence-electron chi connectivity index (χ2n) is 30.7. The van der Waals surface area contributed by atoms with Gasteiger partial charge in [-0.25, -0.2) is 38.4 Å². The molecule has 0 saturated heterocycles. The van der Waals surface area contributed by atoms with Crippen molar-refractivity contribution < 1.29 is 95.2 Å². The maximum atomic E-state index is 13.8. The van der Waals surface area contributed by atoms with Crippen LogP contribution in [0, 0.1) is 0 Å². The number of aryl methyl sites for hydroxylation is 2. The molecule has 122 heavy (non-hydrogen) atoms. The van der Waals surface area contributed by atoms with Crippen LogP contribution < -0.4 is 37.9 Å². The van der Waals surface area contributed by atoms with Crippen molar-refractivity contribution in [3.05, 3.63) is 217 Å². The molecule has 0 aliphatic carbocycles. The van der Waals surface area contributed by atoms with Gasteiger partial charge in [0.1, 0.15) is 46.0 Å². The van der Waals surface area contributed by atoms with Crippen molar-refractivity contribution in [2.24, 2.45) is 0 Å². The molecule has 0 atom stereocenters. The molecule has 6 rings (SSSR count). The molecule has 0 radical (unpaired) electrons. The average Bonchev–Trinajstić information content (AvgIpc) is 0.836. The Morgan fingerprint density at radius 1 is 0.205 bits per heavy atom. The monoisotopic (exact) mass is 1680 g/mol. The van der Waals surface area contributed by atoms with Gasteiger partial charge >= 0.3 is 47.8 Å². The lowest BCUT2D eigenvalue weighted by molar-refractivity contribution is -0.138. The number of hydrogen-bond acceptors (Lipinski definition) is 20. The van der Waals surface area contributed by atoms with Crippen molar-refractivity contribution in [1.82, 2.24) is 0 Å². The first-order chi connectivity index (χ1) is 59.7. The Kier molecular flexibility index (Phi) is 52.6. The summed E-state index contributed by atoms with van der Waals surface area (Å²) in [5.74, 6) is 0.446. The predicted octanol–water partition coefficient (Wildman–Crippen LogP) is 24.4. The summed E-state index contributed by atoms with van der Waals surface area (Å²) >= 11 is 0. The molecule has 0 spiro atoms.